The molecule has 2 N–H and O–H groups in total. The summed E-state index contributed by atoms with van der Waals surface area (Å²) in [5.74, 6) is 0.613. The van der Waals surface area contributed by atoms with Gasteiger partial charge in [-0.25, -0.2) is 9.97 Å². The number of hydrogen-bond donors (Lipinski definition) is 2. The van der Waals surface area contributed by atoms with E-state index in [-0.39, 0.29) is 5.82 Å². The molecule has 156 valence electrons. The number of fused-ring (bicyclic) bond motifs is 1. The highest BCUT2D eigenvalue weighted by molar-refractivity contribution is 6.31. The third kappa shape index (κ3) is 4.44. The second-order valence-corrected chi connectivity index (χ2v) is 7.57. The zero-order valence-corrected chi connectivity index (χ0v) is 18.1. The Morgan fingerprint density at radius 3 is 2.48 bits per heavy atom. The summed E-state index contributed by atoms with van der Waals surface area (Å²) in [6.07, 6.45) is 0. The van der Waals surface area contributed by atoms with E-state index in [1.165, 1.54) is 7.11 Å². The van der Waals surface area contributed by atoms with E-state index in [4.69, 9.17) is 16.3 Å². The number of amides is 1. The third-order valence-electron chi connectivity index (χ3n) is 4.85. The third-order valence-corrected chi connectivity index (χ3v) is 5.26. The molecule has 0 radical (unpaired) electrons. The van der Waals surface area contributed by atoms with E-state index in [9.17, 15) is 4.79 Å². The molecule has 0 aliphatic heterocycles. The highest BCUT2D eigenvalue weighted by Crippen LogP contribution is 2.31. The van der Waals surface area contributed by atoms with Gasteiger partial charge in [-0.1, -0.05) is 41.4 Å². The van der Waals surface area contributed by atoms with Gasteiger partial charge in [0.15, 0.2) is 0 Å². The van der Waals surface area contributed by atoms with Crippen LogP contribution in [0.25, 0.3) is 10.9 Å². The van der Waals surface area contributed by atoms with E-state index in [1.807, 2.05) is 62.4 Å². The Bertz CT molecular complexity index is 1270. The van der Waals surface area contributed by atoms with Crippen LogP contribution in [0.2, 0.25) is 5.02 Å². The number of halogens is 1. The fourth-order valence-corrected chi connectivity index (χ4v) is 3.31. The van der Waals surface area contributed by atoms with E-state index < -0.39 is 5.91 Å². The number of rotatable bonds is 5. The van der Waals surface area contributed by atoms with Gasteiger partial charge < -0.3 is 15.4 Å². The van der Waals surface area contributed by atoms with Crippen molar-refractivity contribution in [3.63, 3.8) is 0 Å². The van der Waals surface area contributed by atoms with E-state index >= 15 is 0 Å². The molecular weight excluding hydrogens is 412 g/mol. The predicted octanol–water partition coefficient (Wildman–Crippen LogP) is 5.90. The van der Waals surface area contributed by atoms with Gasteiger partial charge in [-0.3, -0.25) is 4.79 Å². The molecule has 1 aromatic heterocycles. The van der Waals surface area contributed by atoms with E-state index in [0.29, 0.717) is 27.8 Å². The van der Waals surface area contributed by atoms with Gasteiger partial charge in [-0.15, -0.1) is 0 Å². The van der Waals surface area contributed by atoms with Crippen LogP contribution in [0.4, 0.5) is 17.2 Å². The largest absolute Gasteiger partial charge is 0.495 e. The first-order valence-electron chi connectivity index (χ1n) is 9.70. The van der Waals surface area contributed by atoms with Gasteiger partial charge in [0.05, 0.1) is 18.3 Å². The van der Waals surface area contributed by atoms with Crippen molar-refractivity contribution in [2.24, 2.45) is 0 Å². The quantitative estimate of drug-likeness (QED) is 0.410. The number of aryl methyl sites for hydroxylation is 2. The Morgan fingerprint density at radius 2 is 1.74 bits per heavy atom. The van der Waals surface area contributed by atoms with Crippen molar-refractivity contribution in [3.05, 3.63) is 82.6 Å². The first kappa shape index (κ1) is 20.6. The van der Waals surface area contributed by atoms with Crippen LogP contribution >= 0.6 is 11.6 Å². The van der Waals surface area contributed by atoms with Crippen LogP contribution in [0.3, 0.4) is 0 Å². The molecule has 0 aliphatic carbocycles. The molecule has 3 aromatic carbocycles. The molecule has 0 saturated carbocycles. The summed E-state index contributed by atoms with van der Waals surface area (Å²) in [5, 5.41) is 7.51. The SMILES string of the molecule is COc1cc(Cl)c(C)cc1NC(=O)c1nc(Nc2ccc(C)cc2)c2ccccc2n1. The molecule has 0 fully saturated rings. The second kappa shape index (κ2) is 8.62. The van der Waals surface area contributed by atoms with Gasteiger partial charge in [0.25, 0.3) is 5.91 Å². The Morgan fingerprint density at radius 1 is 1.00 bits per heavy atom. The highest BCUT2D eigenvalue weighted by atomic mass is 35.5. The van der Waals surface area contributed by atoms with Gasteiger partial charge in [-0.05, 0) is 49.7 Å². The minimum absolute atomic E-state index is 0.0444. The minimum Gasteiger partial charge on any atom is -0.495 e. The first-order chi connectivity index (χ1) is 14.9. The van der Waals surface area contributed by atoms with Crippen molar-refractivity contribution in [2.45, 2.75) is 13.8 Å². The van der Waals surface area contributed by atoms with Gasteiger partial charge in [0, 0.05) is 22.2 Å². The molecule has 4 aromatic rings. The molecule has 0 saturated heterocycles. The highest BCUT2D eigenvalue weighted by Gasteiger charge is 2.17. The minimum atomic E-state index is -0.447. The Balaban J connectivity index is 1.71. The standard InChI is InChI=1S/C24H21ClN4O2/c1-14-8-10-16(11-9-14)26-22-17-6-4-5-7-19(17)27-23(29-22)24(30)28-20-12-15(2)18(25)13-21(20)31-3/h4-13H,1-3H3,(H,28,30)(H,26,27,29). The van der Waals surface area contributed by atoms with Crippen molar-refractivity contribution < 1.29 is 9.53 Å². The van der Waals surface area contributed by atoms with Crippen molar-refractivity contribution in [2.75, 3.05) is 17.7 Å². The van der Waals surface area contributed by atoms with Gasteiger partial charge in [-0.2, -0.15) is 0 Å². The number of ether oxygens (including phenoxy) is 1. The van der Waals surface area contributed by atoms with Crippen molar-refractivity contribution in [3.8, 4) is 5.75 Å². The summed E-state index contributed by atoms with van der Waals surface area (Å²) >= 11 is 6.17. The van der Waals surface area contributed by atoms with Crippen molar-refractivity contribution in [1.29, 1.82) is 0 Å². The normalized spacial score (nSPS) is 10.7. The number of para-hydroxylation sites is 1. The second-order valence-electron chi connectivity index (χ2n) is 7.16. The van der Waals surface area contributed by atoms with Crippen LogP contribution < -0.4 is 15.4 Å². The number of nitrogens with zero attached hydrogens (tertiary/aromatic N) is 2. The number of benzene rings is 3. The molecule has 31 heavy (non-hydrogen) atoms. The van der Waals surface area contributed by atoms with E-state index in [2.05, 4.69) is 20.6 Å². The zero-order valence-electron chi connectivity index (χ0n) is 17.4. The van der Waals surface area contributed by atoms with Crippen molar-refractivity contribution in [1.82, 2.24) is 9.97 Å². The summed E-state index contributed by atoms with van der Waals surface area (Å²) in [5.41, 5.74) is 4.01. The lowest BCUT2D eigenvalue weighted by atomic mass is 10.2. The molecule has 0 spiro atoms. The molecule has 0 atom stereocenters. The number of carbonyl (C=O) groups is 1. The van der Waals surface area contributed by atoms with Crippen LogP contribution in [0, 0.1) is 13.8 Å². The van der Waals surface area contributed by atoms with Crippen LogP contribution in [-0.4, -0.2) is 23.0 Å². The molecule has 1 heterocycles. The van der Waals surface area contributed by atoms with Crippen LogP contribution in [0.1, 0.15) is 21.7 Å². The topological polar surface area (TPSA) is 76.1 Å². The Kier molecular flexibility index (Phi) is 5.73. The average Bonchev–Trinajstić information content (AvgIpc) is 2.77. The molecule has 1 amide bonds. The summed E-state index contributed by atoms with van der Waals surface area (Å²) in [6.45, 7) is 3.88. The number of hydrogen-bond acceptors (Lipinski definition) is 5. The number of carbonyl (C=O) groups excluding carboxylic acids is 1. The number of nitrogens with one attached hydrogen (secondary N) is 2. The number of methoxy groups -OCH3 is 1. The molecule has 7 heteroatoms. The predicted molar refractivity (Wildman–Crippen MR) is 125 cm³/mol. The lowest BCUT2D eigenvalue weighted by Gasteiger charge is -2.13. The van der Waals surface area contributed by atoms with Crippen molar-refractivity contribution >= 4 is 45.6 Å². The van der Waals surface area contributed by atoms with E-state index in [0.717, 1.165) is 22.2 Å². The lowest BCUT2D eigenvalue weighted by molar-refractivity contribution is 0.101. The summed E-state index contributed by atoms with van der Waals surface area (Å²) in [4.78, 5) is 22.0. The smallest absolute Gasteiger partial charge is 0.293 e. The molecule has 0 aliphatic rings. The Labute approximate surface area is 185 Å². The lowest BCUT2D eigenvalue weighted by Crippen LogP contribution is -2.17. The maximum absolute atomic E-state index is 13.0. The first-order valence-corrected chi connectivity index (χ1v) is 10.1. The molecule has 0 unspecified atom stereocenters. The Hall–Kier alpha value is -3.64. The monoisotopic (exact) mass is 432 g/mol. The molecular formula is C24H21ClN4O2. The van der Waals surface area contributed by atoms with E-state index in [1.54, 1.807) is 12.1 Å². The van der Waals surface area contributed by atoms with Crippen LogP contribution in [0.15, 0.2) is 60.7 Å². The fraction of sp³-hybridized carbons (Fsp3) is 0.125. The van der Waals surface area contributed by atoms with Gasteiger partial charge in [0.2, 0.25) is 5.82 Å². The molecule has 6 nitrogen and oxygen atoms in total. The summed E-state index contributed by atoms with van der Waals surface area (Å²) in [7, 11) is 1.52. The zero-order chi connectivity index (χ0) is 22.0. The van der Waals surface area contributed by atoms with Gasteiger partial charge in [0.1, 0.15) is 11.6 Å². The number of aromatic nitrogens is 2. The molecule has 4 rings (SSSR count). The summed E-state index contributed by atoms with van der Waals surface area (Å²) < 4.78 is 5.35. The van der Waals surface area contributed by atoms with Crippen LogP contribution in [-0.2, 0) is 0 Å². The summed E-state index contributed by atoms with van der Waals surface area (Å²) in [6, 6.07) is 18.9. The maximum atomic E-state index is 13.0. The fourth-order valence-electron chi connectivity index (χ4n) is 3.16. The average molecular weight is 433 g/mol. The molecule has 0 bridgehead atoms. The number of anilines is 3. The maximum Gasteiger partial charge on any atom is 0.293 e. The van der Waals surface area contributed by atoms with Gasteiger partial charge >= 0.3 is 0 Å². The van der Waals surface area contributed by atoms with Crippen LogP contribution in [0.5, 0.6) is 5.75 Å².